The standard InChI is InChI=1S/C17H27N3O3/c1-2-23-15-13-14(21)17(15)5-10-20(11-6-17)16(22)18-7-12-19-8-3-4-9-19/h3-4,8-9,14-15,21H,2,5-7,10-13H2,1H3,(H,18,22)/t14-,15+/m0/s1. The summed E-state index contributed by atoms with van der Waals surface area (Å²) < 4.78 is 7.81. The summed E-state index contributed by atoms with van der Waals surface area (Å²) in [5, 5.41) is 13.2. The minimum absolute atomic E-state index is 0.00576. The second-order valence-corrected chi connectivity index (χ2v) is 6.57. The number of aliphatic hydroxyl groups excluding tert-OH is 1. The van der Waals surface area contributed by atoms with Crippen LogP contribution in [0.1, 0.15) is 26.2 Å². The molecule has 6 heteroatoms. The van der Waals surface area contributed by atoms with Crippen LogP contribution >= 0.6 is 0 Å². The van der Waals surface area contributed by atoms with E-state index in [0.717, 1.165) is 25.8 Å². The van der Waals surface area contributed by atoms with E-state index in [4.69, 9.17) is 4.74 Å². The molecule has 2 fully saturated rings. The van der Waals surface area contributed by atoms with Gasteiger partial charge in [0.05, 0.1) is 12.2 Å². The van der Waals surface area contributed by atoms with E-state index in [9.17, 15) is 9.90 Å². The number of carbonyl (C=O) groups excluding carboxylic acids is 1. The Morgan fingerprint density at radius 1 is 1.35 bits per heavy atom. The van der Waals surface area contributed by atoms with Crippen LogP contribution in [0.3, 0.4) is 0 Å². The Labute approximate surface area is 137 Å². The van der Waals surface area contributed by atoms with E-state index in [1.54, 1.807) is 0 Å². The molecule has 23 heavy (non-hydrogen) atoms. The number of carbonyl (C=O) groups is 1. The summed E-state index contributed by atoms with van der Waals surface area (Å²) in [5.74, 6) is 0. The van der Waals surface area contributed by atoms with Crippen molar-refractivity contribution in [1.29, 1.82) is 0 Å². The normalized spacial score (nSPS) is 26.1. The van der Waals surface area contributed by atoms with E-state index in [2.05, 4.69) is 5.32 Å². The summed E-state index contributed by atoms with van der Waals surface area (Å²) >= 11 is 0. The van der Waals surface area contributed by atoms with Gasteiger partial charge in [0.2, 0.25) is 0 Å². The number of rotatable bonds is 5. The molecule has 128 valence electrons. The van der Waals surface area contributed by atoms with Gasteiger partial charge in [-0.1, -0.05) is 0 Å². The number of aromatic nitrogens is 1. The lowest BCUT2D eigenvalue weighted by atomic mass is 9.58. The Hall–Kier alpha value is -1.53. The van der Waals surface area contributed by atoms with Crippen LogP contribution in [0, 0.1) is 5.41 Å². The predicted molar refractivity (Wildman–Crippen MR) is 87.1 cm³/mol. The Morgan fingerprint density at radius 2 is 2.04 bits per heavy atom. The monoisotopic (exact) mass is 321 g/mol. The van der Waals surface area contributed by atoms with Crippen molar-refractivity contribution in [2.75, 3.05) is 26.2 Å². The van der Waals surface area contributed by atoms with Gasteiger partial charge in [0, 0.05) is 57.0 Å². The van der Waals surface area contributed by atoms with Gasteiger partial charge in [0.25, 0.3) is 0 Å². The summed E-state index contributed by atoms with van der Waals surface area (Å²) in [6, 6.07) is 3.95. The fourth-order valence-electron chi connectivity index (χ4n) is 3.87. The van der Waals surface area contributed by atoms with E-state index in [-0.39, 0.29) is 23.7 Å². The molecule has 2 N–H and O–H groups in total. The molecule has 2 aliphatic rings. The maximum absolute atomic E-state index is 12.2. The topological polar surface area (TPSA) is 66.7 Å². The van der Waals surface area contributed by atoms with Crippen molar-refractivity contribution in [2.45, 2.75) is 44.9 Å². The highest BCUT2D eigenvalue weighted by Crippen LogP contribution is 2.50. The fourth-order valence-corrected chi connectivity index (χ4v) is 3.87. The van der Waals surface area contributed by atoms with Crippen molar-refractivity contribution in [3.63, 3.8) is 0 Å². The van der Waals surface area contributed by atoms with Gasteiger partial charge in [-0.3, -0.25) is 0 Å². The second-order valence-electron chi connectivity index (χ2n) is 6.57. The number of nitrogens with zero attached hydrogens (tertiary/aromatic N) is 2. The van der Waals surface area contributed by atoms with E-state index in [1.807, 2.05) is 40.9 Å². The highest BCUT2D eigenvalue weighted by molar-refractivity contribution is 5.74. The van der Waals surface area contributed by atoms with Gasteiger partial charge in [-0.25, -0.2) is 4.79 Å². The summed E-state index contributed by atoms with van der Waals surface area (Å²) in [6.07, 6.45) is 6.23. The van der Waals surface area contributed by atoms with E-state index >= 15 is 0 Å². The molecular weight excluding hydrogens is 294 g/mol. The van der Waals surface area contributed by atoms with Crippen LogP contribution in [0.15, 0.2) is 24.5 Å². The molecule has 2 heterocycles. The third kappa shape index (κ3) is 3.23. The maximum atomic E-state index is 12.2. The molecule has 1 aliphatic carbocycles. The largest absolute Gasteiger partial charge is 0.392 e. The van der Waals surface area contributed by atoms with Gasteiger partial charge >= 0.3 is 6.03 Å². The lowest BCUT2D eigenvalue weighted by Gasteiger charge is -2.56. The zero-order valence-electron chi connectivity index (χ0n) is 13.8. The van der Waals surface area contributed by atoms with Gasteiger partial charge in [-0.15, -0.1) is 0 Å². The van der Waals surface area contributed by atoms with Crippen LogP contribution in [0.5, 0.6) is 0 Å². The number of hydrogen-bond donors (Lipinski definition) is 2. The first-order valence-electron chi connectivity index (χ1n) is 8.59. The smallest absolute Gasteiger partial charge is 0.317 e. The minimum atomic E-state index is -0.280. The highest BCUT2D eigenvalue weighted by Gasteiger charge is 2.56. The molecule has 1 aliphatic heterocycles. The molecule has 2 atom stereocenters. The molecule has 2 amide bonds. The minimum Gasteiger partial charge on any atom is -0.392 e. The van der Waals surface area contributed by atoms with Crippen LogP contribution in [-0.2, 0) is 11.3 Å². The van der Waals surface area contributed by atoms with Crippen molar-refractivity contribution in [2.24, 2.45) is 5.41 Å². The number of nitrogens with one attached hydrogen (secondary N) is 1. The summed E-state index contributed by atoms with van der Waals surface area (Å²) in [5.41, 5.74) is -0.127. The maximum Gasteiger partial charge on any atom is 0.317 e. The van der Waals surface area contributed by atoms with Crippen molar-refractivity contribution >= 4 is 6.03 Å². The average molecular weight is 321 g/mol. The molecule has 1 saturated heterocycles. The number of ether oxygens (including phenoxy) is 1. The third-order valence-electron chi connectivity index (χ3n) is 5.40. The zero-order valence-corrected chi connectivity index (χ0v) is 13.8. The first kappa shape index (κ1) is 16.3. The molecular formula is C17H27N3O3. The van der Waals surface area contributed by atoms with Crippen LogP contribution in [-0.4, -0.2) is 59.1 Å². The van der Waals surface area contributed by atoms with Gasteiger partial charge in [-0.05, 0) is 31.9 Å². The summed E-state index contributed by atoms with van der Waals surface area (Å²) in [7, 11) is 0. The molecule has 1 saturated carbocycles. The molecule has 1 spiro atoms. The molecule has 1 aromatic heterocycles. The van der Waals surface area contributed by atoms with Gasteiger partial charge < -0.3 is 24.6 Å². The summed E-state index contributed by atoms with van der Waals surface area (Å²) in [6.45, 7) is 5.46. The van der Waals surface area contributed by atoms with Gasteiger partial charge in [0.1, 0.15) is 0 Å². The molecule has 6 nitrogen and oxygen atoms in total. The first-order valence-corrected chi connectivity index (χ1v) is 8.59. The first-order chi connectivity index (χ1) is 11.2. The van der Waals surface area contributed by atoms with Crippen LogP contribution in [0.25, 0.3) is 0 Å². The summed E-state index contributed by atoms with van der Waals surface area (Å²) in [4.78, 5) is 14.1. The lowest BCUT2D eigenvalue weighted by Crippen LogP contribution is -2.63. The lowest BCUT2D eigenvalue weighted by molar-refractivity contribution is -0.207. The predicted octanol–water partition coefficient (Wildman–Crippen LogP) is 1.45. The molecule has 1 aromatic rings. The molecule has 0 aromatic carbocycles. The Balaban J connectivity index is 1.44. The average Bonchev–Trinajstić information content (AvgIpc) is 3.08. The van der Waals surface area contributed by atoms with Crippen molar-refractivity contribution in [3.8, 4) is 0 Å². The number of amides is 2. The van der Waals surface area contributed by atoms with Crippen molar-refractivity contribution < 1.29 is 14.6 Å². The Kier molecular flexibility index (Phi) is 4.92. The highest BCUT2D eigenvalue weighted by atomic mass is 16.5. The molecule has 3 rings (SSSR count). The van der Waals surface area contributed by atoms with Crippen molar-refractivity contribution in [1.82, 2.24) is 14.8 Å². The Morgan fingerprint density at radius 3 is 2.65 bits per heavy atom. The van der Waals surface area contributed by atoms with E-state index in [1.165, 1.54) is 0 Å². The van der Waals surface area contributed by atoms with Crippen LogP contribution < -0.4 is 5.32 Å². The number of likely N-dealkylation sites (tertiary alicyclic amines) is 1. The fraction of sp³-hybridized carbons (Fsp3) is 0.706. The SMILES string of the molecule is CCO[C@@H]1C[C@H](O)C12CCN(C(=O)NCCn1cccc1)CC2. The van der Waals surface area contributed by atoms with Crippen LogP contribution in [0.2, 0.25) is 0 Å². The third-order valence-corrected chi connectivity index (χ3v) is 5.40. The number of piperidine rings is 1. The molecule has 0 unspecified atom stereocenters. The number of aliphatic hydroxyl groups is 1. The second kappa shape index (κ2) is 6.93. The van der Waals surface area contributed by atoms with Crippen LogP contribution in [0.4, 0.5) is 4.79 Å². The van der Waals surface area contributed by atoms with E-state index in [0.29, 0.717) is 26.2 Å². The Bertz CT molecular complexity index is 507. The molecule has 0 bridgehead atoms. The van der Waals surface area contributed by atoms with Gasteiger partial charge in [-0.2, -0.15) is 0 Å². The molecule has 0 radical (unpaired) electrons. The van der Waals surface area contributed by atoms with Crippen molar-refractivity contribution in [3.05, 3.63) is 24.5 Å². The quantitative estimate of drug-likeness (QED) is 0.862. The van der Waals surface area contributed by atoms with E-state index < -0.39 is 0 Å². The number of hydrogen-bond acceptors (Lipinski definition) is 3. The zero-order chi connectivity index (χ0) is 16.3. The van der Waals surface area contributed by atoms with Gasteiger partial charge in [0.15, 0.2) is 0 Å². The number of urea groups is 1.